The number of hydrogen-bond acceptors (Lipinski definition) is 4. The Labute approximate surface area is 67.9 Å². The molecule has 0 bridgehead atoms. The first-order chi connectivity index (χ1) is 5.57. The van der Waals surface area contributed by atoms with Crippen molar-refractivity contribution in [2.45, 2.75) is 0 Å². The van der Waals surface area contributed by atoms with Crippen LogP contribution in [0, 0.1) is 11.3 Å². The number of nitrogens with zero attached hydrogens (tertiary/aromatic N) is 3. The number of hydrogen-bond donors (Lipinski definition) is 2. The maximum Gasteiger partial charge on any atom is 0.355 e. The maximum absolute atomic E-state index is 10.5. The van der Waals surface area contributed by atoms with E-state index in [1.54, 1.807) is 6.07 Å². The Morgan fingerprint density at radius 1 is 1.83 bits per heavy atom. The van der Waals surface area contributed by atoms with Crippen LogP contribution in [-0.4, -0.2) is 20.6 Å². The lowest BCUT2D eigenvalue weighted by atomic mass is 10.3. The van der Waals surface area contributed by atoms with Gasteiger partial charge in [-0.2, -0.15) is 5.26 Å². The number of anilines is 1. The highest BCUT2D eigenvalue weighted by Gasteiger charge is 2.18. The van der Waals surface area contributed by atoms with Gasteiger partial charge in [0.2, 0.25) is 5.95 Å². The molecule has 0 saturated heterocycles. The molecule has 6 nitrogen and oxygen atoms in total. The summed E-state index contributed by atoms with van der Waals surface area (Å²) in [6, 6.07) is 1.65. The van der Waals surface area contributed by atoms with Crippen molar-refractivity contribution < 1.29 is 9.90 Å². The van der Waals surface area contributed by atoms with Crippen molar-refractivity contribution >= 4 is 11.9 Å². The lowest BCUT2D eigenvalue weighted by Gasteiger charge is -1.95. The standard InChI is InChI=1S/C6H6N4O2/c1-10-4(5(11)12)3(2-7)9-6(10)8/h1H3,(H2,8,9)(H,11,12). The summed E-state index contributed by atoms with van der Waals surface area (Å²) in [6.07, 6.45) is 0. The van der Waals surface area contributed by atoms with Gasteiger partial charge in [-0.25, -0.2) is 9.78 Å². The monoisotopic (exact) mass is 166 g/mol. The van der Waals surface area contributed by atoms with Crippen LogP contribution in [0.25, 0.3) is 0 Å². The zero-order valence-corrected chi connectivity index (χ0v) is 6.27. The van der Waals surface area contributed by atoms with Crippen molar-refractivity contribution in [1.29, 1.82) is 5.26 Å². The molecule has 12 heavy (non-hydrogen) atoms. The van der Waals surface area contributed by atoms with Crippen LogP contribution in [0.2, 0.25) is 0 Å². The van der Waals surface area contributed by atoms with Crippen molar-refractivity contribution in [2.24, 2.45) is 7.05 Å². The minimum absolute atomic E-state index is 0.0175. The molecule has 0 unspecified atom stereocenters. The van der Waals surface area contributed by atoms with Crippen LogP contribution >= 0.6 is 0 Å². The molecule has 62 valence electrons. The molecule has 1 aromatic rings. The molecule has 1 heterocycles. The fourth-order valence-electron chi connectivity index (χ4n) is 0.839. The number of carboxylic acid groups (broad SMARTS) is 1. The summed E-state index contributed by atoms with van der Waals surface area (Å²) in [4.78, 5) is 14.1. The summed E-state index contributed by atoms with van der Waals surface area (Å²) < 4.78 is 1.15. The van der Waals surface area contributed by atoms with Gasteiger partial charge in [0.05, 0.1) is 0 Å². The smallest absolute Gasteiger partial charge is 0.355 e. The average Bonchev–Trinajstić information content (AvgIpc) is 2.28. The summed E-state index contributed by atoms with van der Waals surface area (Å²) in [5, 5.41) is 17.1. The molecule has 0 aliphatic heterocycles. The average molecular weight is 166 g/mol. The molecule has 0 radical (unpaired) electrons. The predicted octanol–water partition coefficient (Wildman–Crippen LogP) is -0.428. The molecular formula is C6H6N4O2. The Morgan fingerprint density at radius 3 is 2.75 bits per heavy atom. The molecule has 3 N–H and O–H groups in total. The number of nitrogen functional groups attached to an aromatic ring is 1. The third-order valence-electron chi connectivity index (χ3n) is 1.44. The molecule has 6 heteroatoms. The van der Waals surface area contributed by atoms with Crippen molar-refractivity contribution in [3.63, 3.8) is 0 Å². The molecule has 0 saturated carbocycles. The van der Waals surface area contributed by atoms with Gasteiger partial charge in [-0.3, -0.25) is 0 Å². The normalized spacial score (nSPS) is 9.33. The zero-order chi connectivity index (χ0) is 9.30. The zero-order valence-electron chi connectivity index (χ0n) is 6.27. The molecule has 0 aliphatic rings. The largest absolute Gasteiger partial charge is 0.476 e. The van der Waals surface area contributed by atoms with Gasteiger partial charge < -0.3 is 15.4 Å². The Balaban J connectivity index is 3.44. The predicted molar refractivity (Wildman–Crippen MR) is 39.3 cm³/mol. The molecular weight excluding hydrogens is 160 g/mol. The second-order valence-electron chi connectivity index (χ2n) is 2.14. The van der Waals surface area contributed by atoms with Crippen LogP contribution in [0.1, 0.15) is 16.2 Å². The molecule has 1 aromatic heterocycles. The molecule has 0 aliphatic carbocycles. The molecule has 0 atom stereocenters. The number of aromatic nitrogens is 2. The Hall–Kier alpha value is -2.03. The number of aromatic carboxylic acids is 1. The van der Waals surface area contributed by atoms with E-state index >= 15 is 0 Å². The van der Waals surface area contributed by atoms with E-state index in [0.29, 0.717) is 0 Å². The van der Waals surface area contributed by atoms with E-state index in [9.17, 15) is 4.79 Å². The van der Waals surface area contributed by atoms with Crippen LogP contribution in [0.4, 0.5) is 5.95 Å². The van der Waals surface area contributed by atoms with Crippen molar-refractivity contribution in [2.75, 3.05) is 5.73 Å². The Morgan fingerprint density at radius 2 is 2.42 bits per heavy atom. The van der Waals surface area contributed by atoms with E-state index in [2.05, 4.69) is 4.98 Å². The summed E-state index contributed by atoms with van der Waals surface area (Å²) in [6.45, 7) is 0. The fraction of sp³-hybridized carbons (Fsp3) is 0.167. The first-order valence-corrected chi connectivity index (χ1v) is 3.03. The minimum Gasteiger partial charge on any atom is -0.476 e. The molecule has 0 aromatic carbocycles. The maximum atomic E-state index is 10.5. The van der Waals surface area contributed by atoms with Crippen LogP contribution in [0.5, 0.6) is 0 Å². The first kappa shape index (κ1) is 8.07. The van der Waals surface area contributed by atoms with E-state index in [0.717, 1.165) is 4.57 Å². The number of carbonyl (C=O) groups is 1. The molecule has 0 amide bonds. The third kappa shape index (κ3) is 0.971. The Bertz CT molecular complexity index is 374. The molecule has 0 fully saturated rings. The fourth-order valence-corrected chi connectivity index (χ4v) is 0.839. The highest BCUT2D eigenvalue weighted by Crippen LogP contribution is 2.10. The van der Waals surface area contributed by atoms with Gasteiger partial charge in [0, 0.05) is 7.05 Å². The van der Waals surface area contributed by atoms with Crippen molar-refractivity contribution in [3.05, 3.63) is 11.4 Å². The number of nitrogens with two attached hydrogens (primary N) is 1. The first-order valence-electron chi connectivity index (χ1n) is 3.03. The van der Waals surface area contributed by atoms with Gasteiger partial charge >= 0.3 is 5.97 Å². The lowest BCUT2D eigenvalue weighted by molar-refractivity contribution is 0.0686. The van der Waals surface area contributed by atoms with Gasteiger partial charge in [-0.05, 0) is 0 Å². The van der Waals surface area contributed by atoms with E-state index < -0.39 is 5.97 Å². The van der Waals surface area contributed by atoms with Gasteiger partial charge in [-0.1, -0.05) is 0 Å². The van der Waals surface area contributed by atoms with E-state index in [1.807, 2.05) is 0 Å². The molecule has 0 spiro atoms. The van der Waals surface area contributed by atoms with E-state index in [-0.39, 0.29) is 17.3 Å². The number of nitriles is 1. The number of imidazole rings is 1. The summed E-state index contributed by atoms with van der Waals surface area (Å²) in [7, 11) is 1.44. The Kier molecular flexibility index (Phi) is 1.71. The van der Waals surface area contributed by atoms with Crippen molar-refractivity contribution in [3.8, 4) is 6.07 Å². The van der Waals surface area contributed by atoms with Crippen LogP contribution in [0.15, 0.2) is 0 Å². The van der Waals surface area contributed by atoms with Crippen LogP contribution < -0.4 is 5.73 Å². The molecule has 1 rings (SSSR count). The number of carboxylic acids is 1. The van der Waals surface area contributed by atoms with Gasteiger partial charge in [0.1, 0.15) is 6.07 Å². The topological polar surface area (TPSA) is 105 Å². The van der Waals surface area contributed by atoms with Gasteiger partial charge in [0.25, 0.3) is 0 Å². The van der Waals surface area contributed by atoms with Gasteiger partial charge in [-0.15, -0.1) is 0 Å². The second-order valence-corrected chi connectivity index (χ2v) is 2.14. The SMILES string of the molecule is Cn1c(N)nc(C#N)c1C(=O)O. The second kappa shape index (κ2) is 2.54. The minimum atomic E-state index is -1.21. The highest BCUT2D eigenvalue weighted by atomic mass is 16.4. The summed E-state index contributed by atoms with van der Waals surface area (Å²) in [5.74, 6) is -1.19. The van der Waals surface area contributed by atoms with Crippen molar-refractivity contribution in [1.82, 2.24) is 9.55 Å². The number of rotatable bonds is 1. The lowest BCUT2D eigenvalue weighted by Crippen LogP contribution is -2.07. The third-order valence-corrected chi connectivity index (χ3v) is 1.44. The van der Waals surface area contributed by atoms with Crippen LogP contribution in [0.3, 0.4) is 0 Å². The quantitative estimate of drug-likeness (QED) is 0.589. The van der Waals surface area contributed by atoms with Gasteiger partial charge in [0.15, 0.2) is 11.4 Å². The van der Waals surface area contributed by atoms with E-state index in [1.165, 1.54) is 7.05 Å². The van der Waals surface area contributed by atoms with Crippen LogP contribution in [-0.2, 0) is 7.05 Å². The van der Waals surface area contributed by atoms with E-state index in [4.69, 9.17) is 16.1 Å². The highest BCUT2D eigenvalue weighted by molar-refractivity contribution is 5.88. The summed E-state index contributed by atoms with van der Waals surface area (Å²) in [5.41, 5.74) is 4.94. The summed E-state index contributed by atoms with van der Waals surface area (Å²) >= 11 is 0.